The van der Waals surface area contributed by atoms with Gasteiger partial charge in [0.05, 0.1) is 12.7 Å². The van der Waals surface area contributed by atoms with Gasteiger partial charge in [-0.2, -0.15) is 0 Å². The molecular weight excluding hydrogens is 234 g/mol. The van der Waals surface area contributed by atoms with Gasteiger partial charge in [0, 0.05) is 25.5 Å². The number of hydrogen-bond donors (Lipinski definition) is 3. The highest BCUT2D eigenvalue weighted by Crippen LogP contribution is 2.21. The number of hydrogen-bond acceptors (Lipinski definition) is 6. The van der Waals surface area contributed by atoms with E-state index in [0.29, 0.717) is 37.5 Å². The number of nitrogens with one attached hydrogen (secondary N) is 1. The molecule has 0 aliphatic heterocycles. The zero-order chi connectivity index (χ0) is 13.4. The van der Waals surface area contributed by atoms with Crippen LogP contribution >= 0.6 is 0 Å². The summed E-state index contributed by atoms with van der Waals surface area (Å²) in [5.74, 6) is 0.911. The summed E-state index contributed by atoms with van der Waals surface area (Å²) in [6, 6.07) is 0. The highest BCUT2D eigenvalue weighted by molar-refractivity contribution is 5.44. The van der Waals surface area contributed by atoms with Crippen molar-refractivity contribution < 1.29 is 14.9 Å². The maximum Gasteiger partial charge on any atom is 0.257 e. The number of anilines is 1. The molecule has 0 saturated heterocycles. The van der Waals surface area contributed by atoms with Gasteiger partial charge >= 0.3 is 0 Å². The summed E-state index contributed by atoms with van der Waals surface area (Å²) in [4.78, 5) is 8.13. The largest absolute Gasteiger partial charge is 0.478 e. The van der Waals surface area contributed by atoms with E-state index in [9.17, 15) is 5.11 Å². The van der Waals surface area contributed by atoms with Crippen molar-refractivity contribution >= 4 is 5.82 Å². The minimum atomic E-state index is -0.856. The van der Waals surface area contributed by atoms with Gasteiger partial charge in [-0.3, -0.25) is 0 Å². The molecule has 6 heteroatoms. The third-order valence-corrected chi connectivity index (χ3v) is 2.90. The molecule has 0 saturated carbocycles. The van der Waals surface area contributed by atoms with E-state index in [1.807, 2.05) is 6.92 Å². The predicted molar refractivity (Wildman–Crippen MR) is 68.6 cm³/mol. The molecule has 1 unspecified atom stereocenters. The van der Waals surface area contributed by atoms with Crippen molar-refractivity contribution in [2.45, 2.75) is 31.8 Å². The van der Waals surface area contributed by atoms with Crippen LogP contribution in [0.2, 0.25) is 0 Å². The van der Waals surface area contributed by atoms with E-state index in [-0.39, 0.29) is 6.61 Å². The Morgan fingerprint density at radius 1 is 1.39 bits per heavy atom. The van der Waals surface area contributed by atoms with Crippen LogP contribution in [0.15, 0.2) is 12.4 Å². The van der Waals surface area contributed by atoms with E-state index in [0.717, 1.165) is 0 Å². The maximum atomic E-state index is 10.3. The van der Waals surface area contributed by atoms with Gasteiger partial charge < -0.3 is 20.3 Å². The molecule has 6 nitrogen and oxygen atoms in total. The third kappa shape index (κ3) is 4.12. The van der Waals surface area contributed by atoms with Crippen molar-refractivity contribution in [3.8, 4) is 5.88 Å². The summed E-state index contributed by atoms with van der Waals surface area (Å²) < 4.78 is 5.07. The monoisotopic (exact) mass is 255 g/mol. The molecular formula is C12H21N3O3. The molecule has 1 heterocycles. The lowest BCUT2D eigenvalue weighted by Gasteiger charge is -2.27. The fourth-order valence-corrected chi connectivity index (χ4v) is 1.64. The summed E-state index contributed by atoms with van der Waals surface area (Å²) in [5, 5.41) is 22.2. The molecule has 0 fully saturated rings. The molecule has 0 bridgehead atoms. The minimum absolute atomic E-state index is 0.0801. The van der Waals surface area contributed by atoms with Crippen LogP contribution in [0.25, 0.3) is 0 Å². The van der Waals surface area contributed by atoms with E-state index >= 15 is 0 Å². The molecule has 0 radical (unpaired) electrons. The molecule has 1 atom stereocenters. The fourth-order valence-electron chi connectivity index (χ4n) is 1.64. The van der Waals surface area contributed by atoms with Gasteiger partial charge in [0.2, 0.25) is 0 Å². The second kappa shape index (κ2) is 7.13. The Labute approximate surface area is 107 Å². The zero-order valence-electron chi connectivity index (χ0n) is 10.9. The Morgan fingerprint density at radius 3 is 2.72 bits per heavy atom. The van der Waals surface area contributed by atoms with Crippen molar-refractivity contribution in [3.63, 3.8) is 0 Å². The fraction of sp³-hybridized carbons (Fsp3) is 0.667. The number of nitrogens with zero attached hydrogens (tertiary/aromatic N) is 2. The average molecular weight is 255 g/mol. The zero-order valence-corrected chi connectivity index (χ0v) is 10.9. The van der Waals surface area contributed by atoms with Crippen LogP contribution in [0.4, 0.5) is 5.82 Å². The molecule has 1 rings (SSSR count). The molecule has 1 aromatic heterocycles. The third-order valence-electron chi connectivity index (χ3n) is 2.90. The van der Waals surface area contributed by atoms with Crippen LogP contribution in [0.5, 0.6) is 5.88 Å². The van der Waals surface area contributed by atoms with Crippen molar-refractivity contribution in [1.29, 1.82) is 0 Å². The molecule has 0 aliphatic carbocycles. The predicted octanol–water partition coefficient (Wildman–Crippen LogP) is 0.811. The summed E-state index contributed by atoms with van der Waals surface area (Å²) >= 11 is 0. The van der Waals surface area contributed by atoms with Crippen LogP contribution in [0, 0.1) is 0 Å². The molecule has 18 heavy (non-hydrogen) atoms. The van der Waals surface area contributed by atoms with E-state index < -0.39 is 5.60 Å². The van der Waals surface area contributed by atoms with Crippen molar-refractivity contribution in [1.82, 2.24) is 9.97 Å². The average Bonchev–Trinajstić information content (AvgIpc) is 2.43. The van der Waals surface area contributed by atoms with Gasteiger partial charge in [-0.15, -0.1) is 0 Å². The summed E-state index contributed by atoms with van der Waals surface area (Å²) in [6.07, 6.45) is 4.81. The Balaban J connectivity index is 2.61. The van der Waals surface area contributed by atoms with Gasteiger partial charge in [-0.1, -0.05) is 6.92 Å². The lowest BCUT2D eigenvalue weighted by molar-refractivity contribution is 0.0338. The van der Waals surface area contributed by atoms with Crippen LogP contribution in [-0.4, -0.2) is 46.0 Å². The number of aliphatic hydroxyl groups excluding tert-OH is 1. The Bertz CT molecular complexity index is 362. The Kier molecular flexibility index (Phi) is 5.80. The highest BCUT2D eigenvalue weighted by Gasteiger charge is 2.24. The first-order chi connectivity index (χ1) is 8.65. The quantitative estimate of drug-likeness (QED) is 0.637. The summed E-state index contributed by atoms with van der Waals surface area (Å²) in [6.45, 7) is 2.34. The smallest absolute Gasteiger partial charge is 0.257 e. The van der Waals surface area contributed by atoms with E-state index in [2.05, 4.69) is 15.3 Å². The molecule has 1 aromatic rings. The van der Waals surface area contributed by atoms with Crippen molar-refractivity contribution in [3.05, 3.63) is 12.4 Å². The van der Waals surface area contributed by atoms with Gasteiger partial charge in [0.1, 0.15) is 0 Å². The minimum Gasteiger partial charge on any atom is -0.478 e. The van der Waals surface area contributed by atoms with Crippen LogP contribution in [0.1, 0.15) is 26.2 Å². The van der Waals surface area contributed by atoms with E-state index in [1.54, 1.807) is 12.4 Å². The first kappa shape index (κ1) is 14.7. The first-order valence-corrected chi connectivity index (χ1v) is 6.07. The number of aliphatic hydroxyl groups is 2. The number of methoxy groups -OCH3 is 1. The molecule has 0 spiro atoms. The van der Waals surface area contributed by atoms with E-state index in [1.165, 1.54) is 7.11 Å². The van der Waals surface area contributed by atoms with Crippen molar-refractivity contribution in [2.75, 3.05) is 25.6 Å². The van der Waals surface area contributed by atoms with Crippen LogP contribution < -0.4 is 10.1 Å². The van der Waals surface area contributed by atoms with Crippen LogP contribution in [-0.2, 0) is 0 Å². The first-order valence-electron chi connectivity index (χ1n) is 6.07. The number of ether oxygens (including phenoxy) is 1. The lowest BCUT2D eigenvalue weighted by atomic mass is 9.95. The van der Waals surface area contributed by atoms with E-state index in [4.69, 9.17) is 9.84 Å². The maximum absolute atomic E-state index is 10.3. The summed E-state index contributed by atoms with van der Waals surface area (Å²) in [5.41, 5.74) is -0.856. The van der Waals surface area contributed by atoms with Gasteiger partial charge in [0.15, 0.2) is 5.82 Å². The molecule has 0 aliphatic rings. The Morgan fingerprint density at radius 2 is 2.11 bits per heavy atom. The van der Waals surface area contributed by atoms with Crippen LogP contribution in [0.3, 0.4) is 0 Å². The number of rotatable bonds is 8. The second-order valence-electron chi connectivity index (χ2n) is 4.17. The topological polar surface area (TPSA) is 87.5 Å². The van der Waals surface area contributed by atoms with Crippen molar-refractivity contribution in [2.24, 2.45) is 0 Å². The molecule has 0 amide bonds. The molecule has 3 N–H and O–H groups in total. The van der Waals surface area contributed by atoms with Gasteiger partial charge in [-0.05, 0) is 19.3 Å². The second-order valence-corrected chi connectivity index (χ2v) is 4.17. The lowest BCUT2D eigenvalue weighted by Crippen LogP contribution is -2.36. The number of aromatic nitrogens is 2. The van der Waals surface area contributed by atoms with Gasteiger partial charge in [-0.25, -0.2) is 9.97 Å². The molecule has 0 aromatic carbocycles. The molecule has 102 valence electrons. The highest BCUT2D eigenvalue weighted by atomic mass is 16.5. The standard InChI is InChI=1S/C12H21N3O3/c1-3-12(17,5-4-8-16)9-15-10-11(18-2)14-7-6-13-10/h6-7,16-17H,3-5,8-9H2,1-2H3,(H,13,15). The normalized spacial score (nSPS) is 14.0. The SMILES string of the molecule is CCC(O)(CCCO)CNc1nccnc1OC. The summed E-state index contributed by atoms with van der Waals surface area (Å²) in [7, 11) is 1.52. The Hall–Kier alpha value is -1.40. The van der Waals surface area contributed by atoms with Gasteiger partial charge in [0.25, 0.3) is 5.88 Å².